The smallest absolute Gasteiger partial charge is 0.0999 e. The number of hydrogen-bond donors (Lipinski definition) is 0. The maximum absolute atomic E-state index is 12.6. The molecule has 0 aromatic carbocycles. The van der Waals surface area contributed by atoms with Gasteiger partial charge in [-0.2, -0.15) is 0 Å². The SMILES string of the molecule is CC.CCC(F)CCCN(C)C. The fraction of sp³-hybridized carbons (Fsp3) is 1.00. The van der Waals surface area contributed by atoms with Gasteiger partial charge in [-0.3, -0.25) is 0 Å². The second kappa shape index (κ2) is 10.9. The topological polar surface area (TPSA) is 3.24 Å². The van der Waals surface area contributed by atoms with Crippen LogP contribution in [-0.4, -0.2) is 31.7 Å². The van der Waals surface area contributed by atoms with Crippen molar-refractivity contribution in [3.05, 3.63) is 0 Å². The normalized spacial score (nSPS) is 12.2. The van der Waals surface area contributed by atoms with Gasteiger partial charge in [0.05, 0.1) is 6.17 Å². The monoisotopic (exact) mass is 177 g/mol. The quantitative estimate of drug-likeness (QED) is 0.623. The zero-order chi connectivity index (χ0) is 9.98. The van der Waals surface area contributed by atoms with Crippen molar-refractivity contribution in [2.24, 2.45) is 0 Å². The number of hydrogen-bond acceptors (Lipinski definition) is 1. The molecule has 1 nitrogen and oxygen atoms in total. The highest BCUT2D eigenvalue weighted by molar-refractivity contribution is 4.54. The van der Waals surface area contributed by atoms with E-state index in [1.54, 1.807) is 0 Å². The summed E-state index contributed by atoms with van der Waals surface area (Å²) in [4.78, 5) is 2.09. The number of rotatable bonds is 5. The van der Waals surface area contributed by atoms with Gasteiger partial charge in [-0.1, -0.05) is 20.8 Å². The van der Waals surface area contributed by atoms with Crippen molar-refractivity contribution < 1.29 is 4.39 Å². The second-order valence-corrected chi connectivity index (χ2v) is 2.95. The van der Waals surface area contributed by atoms with E-state index in [9.17, 15) is 4.39 Å². The molecular weight excluding hydrogens is 153 g/mol. The molecule has 0 aliphatic heterocycles. The van der Waals surface area contributed by atoms with Gasteiger partial charge in [0.15, 0.2) is 0 Å². The van der Waals surface area contributed by atoms with E-state index in [2.05, 4.69) is 4.90 Å². The molecule has 0 aliphatic rings. The van der Waals surface area contributed by atoms with E-state index in [4.69, 9.17) is 0 Å². The molecule has 0 aromatic rings. The summed E-state index contributed by atoms with van der Waals surface area (Å²) >= 11 is 0. The van der Waals surface area contributed by atoms with E-state index < -0.39 is 6.17 Å². The maximum atomic E-state index is 12.6. The van der Waals surface area contributed by atoms with Crippen molar-refractivity contribution in [2.45, 2.75) is 46.2 Å². The van der Waals surface area contributed by atoms with Crippen LogP contribution in [-0.2, 0) is 0 Å². The molecule has 0 rings (SSSR count). The molecule has 0 heterocycles. The summed E-state index contributed by atoms with van der Waals surface area (Å²) in [6.07, 6.45) is 1.77. The predicted octanol–water partition coefficient (Wildman–Crippen LogP) is 3.10. The van der Waals surface area contributed by atoms with Crippen LogP contribution < -0.4 is 0 Å². The Labute approximate surface area is 77.0 Å². The molecule has 0 aliphatic carbocycles. The molecule has 2 heteroatoms. The minimum Gasteiger partial charge on any atom is -0.309 e. The molecule has 0 radical (unpaired) electrons. The molecule has 0 N–H and O–H groups in total. The summed E-state index contributed by atoms with van der Waals surface area (Å²) < 4.78 is 12.6. The van der Waals surface area contributed by atoms with Crippen LogP contribution in [0.2, 0.25) is 0 Å². The Balaban J connectivity index is 0. The van der Waals surface area contributed by atoms with Crippen LogP contribution in [0.5, 0.6) is 0 Å². The minimum absolute atomic E-state index is 0.583. The first-order chi connectivity index (χ1) is 5.66. The lowest BCUT2D eigenvalue weighted by atomic mass is 10.2. The van der Waals surface area contributed by atoms with Crippen LogP contribution in [0, 0.1) is 0 Å². The molecule has 0 bridgehead atoms. The fourth-order valence-corrected chi connectivity index (χ4v) is 0.833. The van der Waals surface area contributed by atoms with E-state index in [0.717, 1.165) is 13.0 Å². The van der Waals surface area contributed by atoms with E-state index in [1.165, 1.54) is 0 Å². The average Bonchev–Trinajstić information content (AvgIpc) is 2.07. The molecule has 0 amide bonds. The highest BCUT2D eigenvalue weighted by Crippen LogP contribution is 2.05. The molecular formula is C10H24FN. The summed E-state index contributed by atoms with van der Waals surface area (Å²) in [6, 6.07) is 0. The summed E-state index contributed by atoms with van der Waals surface area (Å²) in [6.45, 7) is 6.89. The predicted molar refractivity (Wildman–Crippen MR) is 54.3 cm³/mol. The Morgan fingerprint density at radius 1 is 1.25 bits per heavy atom. The van der Waals surface area contributed by atoms with Gasteiger partial charge in [0.25, 0.3) is 0 Å². The minimum atomic E-state index is -0.583. The Kier molecular flexibility index (Phi) is 13.1. The van der Waals surface area contributed by atoms with Crippen LogP contribution in [0.25, 0.3) is 0 Å². The molecule has 1 atom stereocenters. The zero-order valence-corrected chi connectivity index (χ0v) is 9.23. The Morgan fingerprint density at radius 2 is 1.75 bits per heavy atom. The van der Waals surface area contributed by atoms with Crippen molar-refractivity contribution in [3.8, 4) is 0 Å². The van der Waals surface area contributed by atoms with Crippen molar-refractivity contribution in [1.29, 1.82) is 0 Å². The molecule has 0 aromatic heterocycles. The highest BCUT2D eigenvalue weighted by Gasteiger charge is 2.01. The number of nitrogens with zero attached hydrogens (tertiary/aromatic N) is 1. The number of halogens is 1. The molecule has 1 unspecified atom stereocenters. The summed E-state index contributed by atoms with van der Waals surface area (Å²) in [7, 11) is 4.03. The largest absolute Gasteiger partial charge is 0.309 e. The Bertz CT molecular complexity index is 74.2. The van der Waals surface area contributed by atoms with Crippen molar-refractivity contribution in [3.63, 3.8) is 0 Å². The third-order valence-electron chi connectivity index (χ3n) is 1.57. The Hall–Kier alpha value is -0.110. The first-order valence-corrected chi connectivity index (χ1v) is 4.95. The second-order valence-electron chi connectivity index (χ2n) is 2.95. The maximum Gasteiger partial charge on any atom is 0.0999 e. The molecule has 0 saturated carbocycles. The third kappa shape index (κ3) is 12.6. The van der Waals surface area contributed by atoms with E-state index in [-0.39, 0.29) is 0 Å². The standard InChI is InChI=1S/C8H18FN.C2H6/c1-4-8(9)6-5-7-10(2)3;1-2/h8H,4-7H2,1-3H3;1-2H3. The van der Waals surface area contributed by atoms with Gasteiger partial charge in [-0.05, 0) is 39.9 Å². The van der Waals surface area contributed by atoms with Crippen LogP contribution in [0.15, 0.2) is 0 Å². The van der Waals surface area contributed by atoms with Gasteiger partial charge in [-0.15, -0.1) is 0 Å². The molecule has 0 fully saturated rings. The van der Waals surface area contributed by atoms with Gasteiger partial charge in [0, 0.05) is 0 Å². The van der Waals surface area contributed by atoms with Crippen molar-refractivity contribution in [2.75, 3.05) is 20.6 Å². The first kappa shape index (κ1) is 14.4. The lowest BCUT2D eigenvalue weighted by Gasteiger charge is -2.09. The summed E-state index contributed by atoms with van der Waals surface area (Å²) in [5, 5.41) is 0. The number of alkyl halides is 1. The summed E-state index contributed by atoms with van der Waals surface area (Å²) in [5.74, 6) is 0. The Morgan fingerprint density at radius 3 is 2.08 bits per heavy atom. The van der Waals surface area contributed by atoms with E-state index in [0.29, 0.717) is 12.8 Å². The molecule has 12 heavy (non-hydrogen) atoms. The van der Waals surface area contributed by atoms with Crippen LogP contribution in [0.4, 0.5) is 4.39 Å². The van der Waals surface area contributed by atoms with E-state index >= 15 is 0 Å². The van der Waals surface area contributed by atoms with Crippen LogP contribution >= 0.6 is 0 Å². The zero-order valence-electron chi connectivity index (χ0n) is 9.23. The lowest BCUT2D eigenvalue weighted by Crippen LogP contribution is -2.14. The van der Waals surface area contributed by atoms with Crippen LogP contribution in [0.1, 0.15) is 40.0 Å². The summed E-state index contributed by atoms with van der Waals surface area (Å²) in [5.41, 5.74) is 0. The van der Waals surface area contributed by atoms with E-state index in [1.807, 2.05) is 34.9 Å². The third-order valence-corrected chi connectivity index (χ3v) is 1.57. The van der Waals surface area contributed by atoms with Gasteiger partial charge < -0.3 is 4.90 Å². The van der Waals surface area contributed by atoms with Crippen LogP contribution in [0.3, 0.4) is 0 Å². The lowest BCUT2D eigenvalue weighted by molar-refractivity contribution is 0.282. The molecule has 0 spiro atoms. The molecule has 0 saturated heterocycles. The molecule has 76 valence electrons. The fourth-order valence-electron chi connectivity index (χ4n) is 0.833. The van der Waals surface area contributed by atoms with Gasteiger partial charge in [0.1, 0.15) is 0 Å². The van der Waals surface area contributed by atoms with Gasteiger partial charge >= 0.3 is 0 Å². The highest BCUT2D eigenvalue weighted by atomic mass is 19.1. The van der Waals surface area contributed by atoms with Crippen molar-refractivity contribution >= 4 is 0 Å². The first-order valence-electron chi connectivity index (χ1n) is 4.95. The van der Waals surface area contributed by atoms with Gasteiger partial charge in [0.2, 0.25) is 0 Å². The van der Waals surface area contributed by atoms with Crippen molar-refractivity contribution in [1.82, 2.24) is 4.90 Å². The average molecular weight is 177 g/mol. The van der Waals surface area contributed by atoms with Gasteiger partial charge in [-0.25, -0.2) is 4.39 Å².